The van der Waals surface area contributed by atoms with Crippen LogP contribution in [0.5, 0.6) is 0 Å². The summed E-state index contributed by atoms with van der Waals surface area (Å²) in [5.41, 5.74) is 3.74. The highest BCUT2D eigenvalue weighted by Crippen LogP contribution is 2.15. The van der Waals surface area contributed by atoms with E-state index in [9.17, 15) is 10.2 Å². The van der Waals surface area contributed by atoms with E-state index in [4.69, 9.17) is 0 Å². The fourth-order valence-electron chi connectivity index (χ4n) is 1.82. The first kappa shape index (κ1) is 14.3. The lowest BCUT2D eigenvalue weighted by Gasteiger charge is -2.06. The van der Waals surface area contributed by atoms with E-state index in [1.807, 2.05) is 62.4 Å². The number of aliphatic hydroxyl groups excluding tert-OH is 2. The van der Waals surface area contributed by atoms with E-state index in [-0.39, 0.29) is 0 Å². The minimum Gasteiger partial charge on any atom is -0.376 e. The molecule has 0 amide bonds. The molecule has 0 fully saturated rings. The second kappa shape index (κ2) is 6.38. The zero-order valence-corrected chi connectivity index (χ0v) is 11.7. The lowest BCUT2D eigenvalue weighted by molar-refractivity contribution is 0.227. The number of benzene rings is 2. The zero-order chi connectivity index (χ0) is 14.5. The Kier molecular flexibility index (Phi) is 4.57. The molecule has 0 aliphatic heterocycles. The molecule has 0 radical (unpaired) electrons. The van der Waals surface area contributed by atoms with E-state index in [2.05, 4.69) is 11.8 Å². The summed E-state index contributed by atoms with van der Waals surface area (Å²) < 4.78 is 0. The topological polar surface area (TPSA) is 40.5 Å². The maximum atomic E-state index is 9.97. The van der Waals surface area contributed by atoms with Crippen molar-refractivity contribution in [2.75, 3.05) is 0 Å². The average Bonchev–Trinajstić information content (AvgIpc) is 2.46. The molecule has 0 saturated carbocycles. The van der Waals surface area contributed by atoms with Crippen LogP contribution in [0.2, 0.25) is 0 Å². The molecule has 2 aromatic rings. The van der Waals surface area contributed by atoms with Gasteiger partial charge in [-0.1, -0.05) is 71.5 Å². The fraction of sp³-hybridized carbons (Fsp3) is 0.222. The molecular formula is C18H18O2. The summed E-state index contributed by atoms with van der Waals surface area (Å²) >= 11 is 0. The highest BCUT2D eigenvalue weighted by molar-refractivity contribution is 5.32. The number of rotatable bonds is 2. The summed E-state index contributed by atoms with van der Waals surface area (Å²) in [6.45, 7) is 3.98. The Morgan fingerprint density at radius 1 is 0.650 bits per heavy atom. The first-order valence-electron chi connectivity index (χ1n) is 6.56. The van der Waals surface area contributed by atoms with Gasteiger partial charge in [-0.2, -0.15) is 0 Å². The number of aryl methyl sites for hydroxylation is 2. The molecule has 0 bridgehead atoms. The average molecular weight is 266 g/mol. The van der Waals surface area contributed by atoms with E-state index >= 15 is 0 Å². The number of aliphatic hydroxyl groups is 2. The van der Waals surface area contributed by atoms with E-state index in [1.54, 1.807) is 0 Å². The third-order valence-electron chi connectivity index (χ3n) is 3.14. The fourth-order valence-corrected chi connectivity index (χ4v) is 1.82. The molecule has 2 atom stereocenters. The van der Waals surface area contributed by atoms with Crippen molar-refractivity contribution >= 4 is 0 Å². The van der Waals surface area contributed by atoms with Crippen LogP contribution in [0.4, 0.5) is 0 Å². The summed E-state index contributed by atoms with van der Waals surface area (Å²) in [5, 5.41) is 19.9. The van der Waals surface area contributed by atoms with Crippen molar-refractivity contribution < 1.29 is 10.2 Å². The van der Waals surface area contributed by atoms with Crippen LogP contribution in [0.3, 0.4) is 0 Å². The van der Waals surface area contributed by atoms with Gasteiger partial charge in [-0.05, 0) is 25.0 Å². The van der Waals surface area contributed by atoms with Crippen LogP contribution in [0.1, 0.15) is 34.5 Å². The lowest BCUT2D eigenvalue weighted by Crippen LogP contribution is -1.97. The van der Waals surface area contributed by atoms with Gasteiger partial charge >= 0.3 is 0 Å². The number of hydrogen-bond acceptors (Lipinski definition) is 2. The molecule has 20 heavy (non-hydrogen) atoms. The van der Waals surface area contributed by atoms with Crippen LogP contribution in [0, 0.1) is 25.7 Å². The SMILES string of the molecule is Cc1ccc([C@H](O)C#C[C@@H](O)c2ccc(C)cc2)cc1. The van der Waals surface area contributed by atoms with Gasteiger partial charge in [0.15, 0.2) is 0 Å². The first-order valence-corrected chi connectivity index (χ1v) is 6.56. The zero-order valence-electron chi connectivity index (χ0n) is 11.7. The Hall–Kier alpha value is -2.08. The van der Waals surface area contributed by atoms with E-state index in [0.29, 0.717) is 0 Å². The molecule has 0 aliphatic rings. The Labute approximate surface area is 119 Å². The monoisotopic (exact) mass is 266 g/mol. The van der Waals surface area contributed by atoms with Crippen LogP contribution in [-0.2, 0) is 0 Å². The Bertz CT molecular complexity index is 560. The molecule has 2 nitrogen and oxygen atoms in total. The molecule has 102 valence electrons. The van der Waals surface area contributed by atoms with Gasteiger partial charge in [0.1, 0.15) is 12.2 Å². The largest absolute Gasteiger partial charge is 0.376 e. The Balaban J connectivity index is 2.09. The second-order valence-corrected chi connectivity index (χ2v) is 4.92. The molecule has 2 rings (SSSR count). The molecule has 0 saturated heterocycles. The molecular weight excluding hydrogens is 248 g/mol. The lowest BCUT2D eigenvalue weighted by atomic mass is 10.1. The van der Waals surface area contributed by atoms with Gasteiger partial charge in [-0.15, -0.1) is 0 Å². The van der Waals surface area contributed by atoms with Crippen molar-refractivity contribution in [1.82, 2.24) is 0 Å². The Morgan fingerprint density at radius 3 is 1.25 bits per heavy atom. The van der Waals surface area contributed by atoms with Crippen molar-refractivity contribution in [2.24, 2.45) is 0 Å². The number of hydrogen-bond donors (Lipinski definition) is 2. The highest BCUT2D eigenvalue weighted by Gasteiger charge is 2.05. The van der Waals surface area contributed by atoms with Crippen LogP contribution in [0.25, 0.3) is 0 Å². The molecule has 0 unspecified atom stereocenters. The van der Waals surface area contributed by atoms with Crippen LogP contribution in [-0.4, -0.2) is 10.2 Å². The van der Waals surface area contributed by atoms with E-state index in [1.165, 1.54) is 0 Å². The molecule has 0 spiro atoms. The van der Waals surface area contributed by atoms with Gasteiger partial charge in [-0.3, -0.25) is 0 Å². The van der Waals surface area contributed by atoms with Crippen molar-refractivity contribution in [3.05, 3.63) is 70.8 Å². The third kappa shape index (κ3) is 3.71. The van der Waals surface area contributed by atoms with Crippen molar-refractivity contribution in [3.8, 4) is 11.8 Å². The van der Waals surface area contributed by atoms with E-state index in [0.717, 1.165) is 22.3 Å². The molecule has 2 N–H and O–H groups in total. The normalized spacial score (nSPS) is 13.2. The van der Waals surface area contributed by atoms with Gasteiger partial charge < -0.3 is 10.2 Å². The van der Waals surface area contributed by atoms with Gasteiger partial charge in [0, 0.05) is 0 Å². The van der Waals surface area contributed by atoms with Crippen LogP contribution in [0.15, 0.2) is 48.5 Å². The van der Waals surface area contributed by atoms with Gasteiger partial charge in [0.05, 0.1) is 0 Å². The smallest absolute Gasteiger partial charge is 0.140 e. The second-order valence-electron chi connectivity index (χ2n) is 4.92. The van der Waals surface area contributed by atoms with Gasteiger partial charge in [0.2, 0.25) is 0 Å². The minimum absolute atomic E-state index is 0.735. The van der Waals surface area contributed by atoms with Crippen molar-refractivity contribution in [1.29, 1.82) is 0 Å². The first-order chi connectivity index (χ1) is 9.56. The standard InChI is InChI=1S/C18H18O2/c1-13-3-7-15(8-4-13)17(19)11-12-18(20)16-9-5-14(2)6-10-16/h3-10,17-20H,1-2H3/t17-,18-/m1/s1. The summed E-state index contributed by atoms with van der Waals surface area (Å²) in [7, 11) is 0. The predicted molar refractivity (Wildman–Crippen MR) is 80.1 cm³/mol. The maximum absolute atomic E-state index is 9.97. The molecule has 0 aliphatic carbocycles. The maximum Gasteiger partial charge on any atom is 0.140 e. The van der Waals surface area contributed by atoms with Gasteiger partial charge in [0.25, 0.3) is 0 Å². The Morgan fingerprint density at radius 2 is 0.950 bits per heavy atom. The molecule has 0 aromatic heterocycles. The van der Waals surface area contributed by atoms with Gasteiger partial charge in [-0.25, -0.2) is 0 Å². The third-order valence-corrected chi connectivity index (χ3v) is 3.14. The molecule has 2 heteroatoms. The predicted octanol–water partition coefficient (Wildman–Crippen LogP) is 3.07. The summed E-state index contributed by atoms with van der Waals surface area (Å²) in [5.74, 6) is 5.37. The summed E-state index contributed by atoms with van der Waals surface area (Å²) in [6, 6.07) is 15.1. The molecule has 0 heterocycles. The van der Waals surface area contributed by atoms with Crippen LogP contribution >= 0.6 is 0 Å². The van der Waals surface area contributed by atoms with Crippen LogP contribution < -0.4 is 0 Å². The molecule has 2 aromatic carbocycles. The summed E-state index contributed by atoms with van der Waals surface area (Å²) in [6.07, 6.45) is -1.76. The van der Waals surface area contributed by atoms with Crippen molar-refractivity contribution in [3.63, 3.8) is 0 Å². The van der Waals surface area contributed by atoms with E-state index < -0.39 is 12.2 Å². The highest BCUT2D eigenvalue weighted by atomic mass is 16.3. The minimum atomic E-state index is -0.879. The quantitative estimate of drug-likeness (QED) is 0.820. The summed E-state index contributed by atoms with van der Waals surface area (Å²) in [4.78, 5) is 0. The van der Waals surface area contributed by atoms with Crippen molar-refractivity contribution in [2.45, 2.75) is 26.1 Å².